The predicted octanol–water partition coefficient (Wildman–Crippen LogP) is 2.01. The Morgan fingerprint density at radius 3 is 2.81 bits per heavy atom. The van der Waals surface area contributed by atoms with E-state index < -0.39 is 0 Å². The first-order valence-electron chi connectivity index (χ1n) is 8.40. The molecule has 0 fully saturated rings. The fourth-order valence-electron chi connectivity index (χ4n) is 2.41. The average Bonchev–Trinajstić information content (AvgIpc) is 3.12. The van der Waals surface area contributed by atoms with Crippen LogP contribution in [-0.2, 0) is 17.8 Å². The Hall–Kier alpha value is -3.16. The number of amides is 1. The summed E-state index contributed by atoms with van der Waals surface area (Å²) in [5.41, 5.74) is 1.79. The van der Waals surface area contributed by atoms with Gasteiger partial charge in [0.25, 0.3) is 0 Å². The van der Waals surface area contributed by atoms with Crippen molar-refractivity contribution in [2.75, 3.05) is 6.54 Å². The van der Waals surface area contributed by atoms with Gasteiger partial charge in [0.15, 0.2) is 0 Å². The molecule has 0 aliphatic carbocycles. The first-order valence-corrected chi connectivity index (χ1v) is 8.40. The van der Waals surface area contributed by atoms with E-state index in [9.17, 15) is 9.18 Å². The highest BCUT2D eigenvalue weighted by molar-refractivity contribution is 5.75. The first kappa shape index (κ1) is 17.7. The van der Waals surface area contributed by atoms with E-state index in [1.165, 1.54) is 16.9 Å². The topological polar surface area (TPSA) is 85.6 Å². The number of hydrogen-bond acceptors (Lipinski definition) is 5. The zero-order chi connectivity index (χ0) is 18.2. The third-order valence-electron chi connectivity index (χ3n) is 3.78. The van der Waals surface area contributed by atoms with Crippen LogP contribution in [0.15, 0.2) is 48.8 Å². The standard InChI is InChI=1S/C18H19FN6O/c19-16-7-5-15(6-8-16)18-22-24-25(23-18)12-2-4-17(26)21-11-9-14-3-1-10-20-13-14/h1,3,5-8,10,13H,2,4,9,11-12H2,(H,21,26). The SMILES string of the molecule is O=C(CCCn1nnc(-c2ccc(F)cc2)n1)NCCc1cccnc1. The van der Waals surface area contributed by atoms with Crippen molar-refractivity contribution in [3.05, 3.63) is 60.2 Å². The van der Waals surface area contributed by atoms with E-state index in [-0.39, 0.29) is 11.7 Å². The molecule has 1 aromatic carbocycles. The molecule has 0 aliphatic rings. The van der Waals surface area contributed by atoms with Crippen molar-refractivity contribution in [3.63, 3.8) is 0 Å². The summed E-state index contributed by atoms with van der Waals surface area (Å²) >= 11 is 0. The molecule has 0 saturated carbocycles. The van der Waals surface area contributed by atoms with Gasteiger partial charge in [0.05, 0.1) is 6.54 Å². The number of halogens is 1. The summed E-state index contributed by atoms with van der Waals surface area (Å²) < 4.78 is 12.9. The number of nitrogens with one attached hydrogen (secondary N) is 1. The zero-order valence-corrected chi connectivity index (χ0v) is 14.2. The number of rotatable bonds is 8. The minimum atomic E-state index is -0.310. The molecule has 0 saturated heterocycles. The molecule has 134 valence electrons. The number of tetrazole rings is 1. The van der Waals surface area contributed by atoms with E-state index in [0.29, 0.717) is 37.3 Å². The van der Waals surface area contributed by atoms with Crippen molar-refractivity contribution in [2.24, 2.45) is 0 Å². The van der Waals surface area contributed by atoms with Gasteiger partial charge in [-0.25, -0.2) is 4.39 Å². The van der Waals surface area contributed by atoms with Crippen molar-refractivity contribution in [2.45, 2.75) is 25.8 Å². The number of nitrogens with zero attached hydrogens (tertiary/aromatic N) is 5. The molecule has 3 aromatic rings. The highest BCUT2D eigenvalue weighted by Crippen LogP contribution is 2.13. The maximum atomic E-state index is 12.9. The smallest absolute Gasteiger partial charge is 0.220 e. The summed E-state index contributed by atoms with van der Waals surface area (Å²) in [6, 6.07) is 9.77. The minimum Gasteiger partial charge on any atom is -0.356 e. The lowest BCUT2D eigenvalue weighted by Gasteiger charge is -2.05. The van der Waals surface area contributed by atoms with Crippen molar-refractivity contribution in [1.82, 2.24) is 30.5 Å². The van der Waals surface area contributed by atoms with Crippen LogP contribution in [0.1, 0.15) is 18.4 Å². The molecule has 1 amide bonds. The second kappa shape index (κ2) is 8.80. The summed E-state index contributed by atoms with van der Waals surface area (Å²) in [4.78, 5) is 17.3. The maximum Gasteiger partial charge on any atom is 0.220 e. The Morgan fingerprint density at radius 2 is 2.04 bits per heavy atom. The number of carbonyl (C=O) groups excluding carboxylic acids is 1. The quantitative estimate of drug-likeness (QED) is 0.669. The van der Waals surface area contributed by atoms with Crippen LogP contribution < -0.4 is 5.32 Å². The molecular formula is C18H19FN6O. The lowest BCUT2D eigenvalue weighted by molar-refractivity contribution is -0.121. The van der Waals surface area contributed by atoms with Crippen molar-refractivity contribution in [3.8, 4) is 11.4 Å². The maximum absolute atomic E-state index is 12.9. The molecule has 0 unspecified atom stereocenters. The molecule has 0 bridgehead atoms. The van der Waals surface area contributed by atoms with Crippen LogP contribution >= 0.6 is 0 Å². The molecule has 2 aromatic heterocycles. The van der Waals surface area contributed by atoms with Gasteiger partial charge in [0.1, 0.15) is 5.82 Å². The fraction of sp³-hybridized carbons (Fsp3) is 0.278. The van der Waals surface area contributed by atoms with E-state index in [1.807, 2.05) is 12.1 Å². The summed E-state index contributed by atoms with van der Waals surface area (Å²) in [7, 11) is 0. The largest absolute Gasteiger partial charge is 0.356 e. The molecule has 8 heteroatoms. The Labute approximate surface area is 150 Å². The van der Waals surface area contributed by atoms with Crippen LogP contribution in [0.3, 0.4) is 0 Å². The van der Waals surface area contributed by atoms with Gasteiger partial charge in [-0.15, -0.1) is 10.2 Å². The Kier molecular flexibility index (Phi) is 5.97. The van der Waals surface area contributed by atoms with Crippen molar-refractivity contribution >= 4 is 5.91 Å². The number of carbonyl (C=O) groups is 1. The molecule has 7 nitrogen and oxygen atoms in total. The second-order valence-corrected chi connectivity index (χ2v) is 5.78. The van der Waals surface area contributed by atoms with Gasteiger partial charge >= 0.3 is 0 Å². The molecular weight excluding hydrogens is 335 g/mol. The van der Waals surface area contributed by atoms with Crippen LogP contribution in [0.25, 0.3) is 11.4 Å². The molecule has 0 atom stereocenters. The third-order valence-corrected chi connectivity index (χ3v) is 3.78. The Balaban J connectivity index is 1.38. The first-order chi connectivity index (χ1) is 12.7. The predicted molar refractivity (Wildman–Crippen MR) is 93.4 cm³/mol. The number of benzene rings is 1. The van der Waals surface area contributed by atoms with Gasteiger partial charge in [0.2, 0.25) is 11.7 Å². The number of aryl methyl sites for hydroxylation is 1. The Bertz CT molecular complexity index is 834. The molecule has 26 heavy (non-hydrogen) atoms. The summed E-state index contributed by atoms with van der Waals surface area (Å²) in [5, 5.41) is 15.0. The van der Waals surface area contributed by atoms with Gasteiger partial charge < -0.3 is 5.32 Å². The third kappa shape index (κ3) is 5.17. The summed E-state index contributed by atoms with van der Waals surface area (Å²) in [6.07, 6.45) is 5.27. The van der Waals surface area contributed by atoms with Gasteiger partial charge in [-0.05, 0) is 54.0 Å². The molecule has 1 N–H and O–H groups in total. The number of aromatic nitrogens is 5. The number of pyridine rings is 1. The summed E-state index contributed by atoms with van der Waals surface area (Å²) in [5.74, 6) is 0.120. The van der Waals surface area contributed by atoms with Crippen LogP contribution in [0.5, 0.6) is 0 Å². The van der Waals surface area contributed by atoms with Gasteiger partial charge in [0, 0.05) is 30.9 Å². The molecule has 0 spiro atoms. The van der Waals surface area contributed by atoms with Crippen molar-refractivity contribution < 1.29 is 9.18 Å². The molecule has 0 radical (unpaired) electrons. The van der Waals surface area contributed by atoms with Gasteiger partial charge in [-0.3, -0.25) is 9.78 Å². The monoisotopic (exact) mass is 354 g/mol. The zero-order valence-electron chi connectivity index (χ0n) is 14.2. The van der Waals surface area contributed by atoms with Crippen molar-refractivity contribution in [1.29, 1.82) is 0 Å². The fourth-order valence-corrected chi connectivity index (χ4v) is 2.41. The van der Waals surface area contributed by atoms with E-state index in [2.05, 4.69) is 25.7 Å². The highest BCUT2D eigenvalue weighted by Gasteiger charge is 2.07. The average molecular weight is 354 g/mol. The Morgan fingerprint density at radius 1 is 1.19 bits per heavy atom. The van der Waals surface area contributed by atoms with Crippen LogP contribution in [0.4, 0.5) is 4.39 Å². The van der Waals surface area contributed by atoms with Gasteiger partial charge in [-0.1, -0.05) is 6.07 Å². The lowest BCUT2D eigenvalue weighted by atomic mass is 10.2. The normalized spacial score (nSPS) is 10.7. The van der Waals surface area contributed by atoms with Crippen LogP contribution in [0, 0.1) is 5.82 Å². The molecule has 2 heterocycles. The van der Waals surface area contributed by atoms with E-state index >= 15 is 0 Å². The highest BCUT2D eigenvalue weighted by atomic mass is 19.1. The van der Waals surface area contributed by atoms with Gasteiger partial charge in [-0.2, -0.15) is 4.80 Å². The van der Waals surface area contributed by atoms with E-state index in [1.54, 1.807) is 24.5 Å². The minimum absolute atomic E-state index is 0.00670. The van der Waals surface area contributed by atoms with Crippen LogP contribution in [0.2, 0.25) is 0 Å². The molecule has 0 aliphatic heterocycles. The number of hydrogen-bond donors (Lipinski definition) is 1. The second-order valence-electron chi connectivity index (χ2n) is 5.78. The molecule has 3 rings (SSSR count). The summed E-state index contributed by atoms with van der Waals surface area (Å²) in [6.45, 7) is 1.07. The van der Waals surface area contributed by atoms with E-state index in [4.69, 9.17) is 0 Å². The van der Waals surface area contributed by atoms with Crippen LogP contribution in [-0.4, -0.2) is 37.6 Å². The van der Waals surface area contributed by atoms with E-state index in [0.717, 1.165) is 12.0 Å². The lowest BCUT2D eigenvalue weighted by Crippen LogP contribution is -2.25.